The molecule has 0 saturated heterocycles. The Morgan fingerprint density at radius 1 is 1.19 bits per heavy atom. The van der Waals surface area contributed by atoms with E-state index in [0.29, 0.717) is 22.7 Å². The van der Waals surface area contributed by atoms with E-state index in [1.54, 1.807) is 12.1 Å². The van der Waals surface area contributed by atoms with Gasteiger partial charge < -0.3 is 10.1 Å². The average Bonchev–Trinajstić information content (AvgIpc) is 2.49. The maximum atomic E-state index is 13.4. The zero-order valence-corrected chi connectivity index (χ0v) is 13.8. The summed E-state index contributed by atoms with van der Waals surface area (Å²) in [5, 5.41) is 3.17. The van der Waals surface area contributed by atoms with Gasteiger partial charge in [-0.15, -0.1) is 0 Å². The monoisotopic (exact) mass is 351 g/mol. The molecule has 0 amide bonds. The van der Waals surface area contributed by atoms with Crippen LogP contribution < -0.4 is 10.1 Å². The van der Waals surface area contributed by atoms with E-state index < -0.39 is 0 Å². The minimum atomic E-state index is -0.316. The highest BCUT2D eigenvalue weighted by Gasteiger charge is 2.05. The van der Waals surface area contributed by atoms with Crippen LogP contribution in [0.1, 0.15) is 24.0 Å². The molecule has 2 rings (SSSR count). The van der Waals surface area contributed by atoms with Gasteiger partial charge in [-0.2, -0.15) is 0 Å². The number of hydrogen-bond donors (Lipinski definition) is 1. The van der Waals surface area contributed by atoms with Crippen LogP contribution in [0.5, 0.6) is 5.75 Å². The molecule has 2 nitrogen and oxygen atoms in total. The van der Waals surface area contributed by atoms with Crippen molar-refractivity contribution in [1.82, 2.24) is 5.32 Å². The lowest BCUT2D eigenvalue weighted by atomic mass is 10.00. The molecule has 0 radical (unpaired) electrons. The summed E-state index contributed by atoms with van der Waals surface area (Å²) in [6.45, 7) is 3.57. The fourth-order valence-electron chi connectivity index (χ4n) is 2.10. The van der Waals surface area contributed by atoms with Crippen molar-refractivity contribution in [1.29, 1.82) is 0 Å². The van der Waals surface area contributed by atoms with E-state index in [0.717, 1.165) is 12.1 Å². The maximum Gasteiger partial charge on any atom is 0.141 e. The van der Waals surface area contributed by atoms with Crippen molar-refractivity contribution >= 4 is 15.9 Å². The molecule has 0 saturated carbocycles. The zero-order valence-electron chi connectivity index (χ0n) is 12.2. The van der Waals surface area contributed by atoms with Crippen LogP contribution in [0.4, 0.5) is 4.39 Å². The molecule has 1 atom stereocenters. The molecule has 0 aliphatic carbocycles. The molecule has 0 heterocycles. The van der Waals surface area contributed by atoms with Gasteiger partial charge in [0.05, 0.1) is 4.47 Å². The van der Waals surface area contributed by atoms with Crippen molar-refractivity contribution < 1.29 is 9.13 Å². The summed E-state index contributed by atoms with van der Waals surface area (Å²) in [6.07, 6.45) is 0. The summed E-state index contributed by atoms with van der Waals surface area (Å²) >= 11 is 3.12. The van der Waals surface area contributed by atoms with Crippen LogP contribution in [0, 0.1) is 5.82 Å². The molecule has 0 aromatic heterocycles. The lowest BCUT2D eigenvalue weighted by molar-refractivity contribution is 0.304. The van der Waals surface area contributed by atoms with E-state index in [-0.39, 0.29) is 5.82 Å². The van der Waals surface area contributed by atoms with Gasteiger partial charge in [-0.3, -0.25) is 0 Å². The summed E-state index contributed by atoms with van der Waals surface area (Å²) < 4.78 is 19.4. The van der Waals surface area contributed by atoms with Crippen molar-refractivity contribution in [2.45, 2.75) is 19.4 Å². The first kappa shape index (κ1) is 16.0. The fraction of sp³-hybridized carbons (Fsp3) is 0.294. The van der Waals surface area contributed by atoms with Crippen LogP contribution in [0.25, 0.3) is 0 Å². The third kappa shape index (κ3) is 4.55. The van der Waals surface area contributed by atoms with E-state index in [1.807, 2.05) is 7.05 Å². The van der Waals surface area contributed by atoms with Crippen LogP contribution in [0.2, 0.25) is 0 Å². The molecule has 0 fully saturated rings. The van der Waals surface area contributed by atoms with Crippen molar-refractivity contribution in [2.75, 3.05) is 13.6 Å². The molecule has 1 N–H and O–H groups in total. The minimum absolute atomic E-state index is 0.316. The van der Waals surface area contributed by atoms with Crippen LogP contribution in [0.3, 0.4) is 0 Å². The second-order valence-corrected chi connectivity index (χ2v) is 5.92. The first-order chi connectivity index (χ1) is 10.1. The Morgan fingerprint density at radius 3 is 2.52 bits per heavy atom. The predicted molar refractivity (Wildman–Crippen MR) is 87.2 cm³/mol. The zero-order chi connectivity index (χ0) is 15.2. The van der Waals surface area contributed by atoms with Gasteiger partial charge in [-0.1, -0.05) is 31.2 Å². The van der Waals surface area contributed by atoms with Crippen molar-refractivity contribution in [3.05, 3.63) is 63.9 Å². The Bertz CT molecular complexity index is 586. The molecule has 112 valence electrons. The molecule has 0 aliphatic rings. The largest absolute Gasteiger partial charge is 0.489 e. The lowest BCUT2D eigenvalue weighted by Crippen LogP contribution is -2.14. The highest BCUT2D eigenvalue weighted by atomic mass is 79.9. The summed E-state index contributed by atoms with van der Waals surface area (Å²) in [6, 6.07) is 13.1. The molecular weight excluding hydrogens is 333 g/mol. The highest BCUT2D eigenvalue weighted by Crippen LogP contribution is 2.22. The topological polar surface area (TPSA) is 21.3 Å². The quantitative estimate of drug-likeness (QED) is 0.827. The van der Waals surface area contributed by atoms with Gasteiger partial charge in [-0.05, 0) is 52.2 Å². The van der Waals surface area contributed by atoms with Gasteiger partial charge in [0.2, 0.25) is 0 Å². The molecule has 1 unspecified atom stereocenters. The van der Waals surface area contributed by atoms with Crippen LogP contribution in [0.15, 0.2) is 46.9 Å². The second kappa shape index (κ2) is 7.57. The van der Waals surface area contributed by atoms with E-state index in [2.05, 4.69) is 52.4 Å². The van der Waals surface area contributed by atoms with Crippen LogP contribution in [-0.4, -0.2) is 13.6 Å². The van der Waals surface area contributed by atoms with Crippen molar-refractivity contribution in [3.8, 4) is 5.75 Å². The third-order valence-corrected chi connectivity index (χ3v) is 4.00. The fourth-order valence-corrected chi connectivity index (χ4v) is 2.35. The second-order valence-electron chi connectivity index (χ2n) is 5.06. The van der Waals surface area contributed by atoms with Gasteiger partial charge in [0.25, 0.3) is 0 Å². The lowest BCUT2D eigenvalue weighted by Gasteiger charge is -2.12. The van der Waals surface area contributed by atoms with Crippen molar-refractivity contribution in [2.24, 2.45) is 0 Å². The van der Waals surface area contributed by atoms with Crippen LogP contribution >= 0.6 is 15.9 Å². The standard InChI is InChI=1S/C17H19BrFNO/c1-12(10-20-2)14-5-3-13(4-6-14)11-21-15-7-8-16(18)17(19)9-15/h3-9,12,20H,10-11H2,1-2H3. The van der Waals surface area contributed by atoms with Gasteiger partial charge in [-0.25, -0.2) is 4.39 Å². The molecule has 4 heteroatoms. The Balaban J connectivity index is 1.95. The molecule has 0 bridgehead atoms. The summed E-state index contributed by atoms with van der Waals surface area (Å²) in [4.78, 5) is 0. The van der Waals surface area contributed by atoms with Gasteiger partial charge in [0.15, 0.2) is 0 Å². The number of halogens is 2. The molecule has 2 aromatic rings. The number of hydrogen-bond acceptors (Lipinski definition) is 2. The first-order valence-electron chi connectivity index (χ1n) is 6.91. The third-order valence-electron chi connectivity index (χ3n) is 3.36. The first-order valence-corrected chi connectivity index (χ1v) is 7.70. The molecule has 2 aromatic carbocycles. The number of likely N-dealkylation sites (N-methyl/N-ethyl adjacent to an activating group) is 1. The van der Waals surface area contributed by atoms with Crippen molar-refractivity contribution in [3.63, 3.8) is 0 Å². The van der Waals surface area contributed by atoms with Gasteiger partial charge in [0.1, 0.15) is 18.2 Å². The predicted octanol–water partition coefficient (Wildman–Crippen LogP) is 4.49. The summed E-state index contributed by atoms with van der Waals surface area (Å²) in [5.41, 5.74) is 2.36. The Labute approximate surface area is 133 Å². The van der Waals surface area contributed by atoms with E-state index >= 15 is 0 Å². The number of rotatable bonds is 6. The molecule has 21 heavy (non-hydrogen) atoms. The van der Waals surface area contributed by atoms with Gasteiger partial charge >= 0.3 is 0 Å². The van der Waals surface area contributed by atoms with Gasteiger partial charge in [0, 0.05) is 12.6 Å². The number of benzene rings is 2. The number of nitrogens with one attached hydrogen (secondary N) is 1. The van der Waals surface area contributed by atoms with Crippen LogP contribution in [-0.2, 0) is 6.61 Å². The summed E-state index contributed by atoms with van der Waals surface area (Å²) in [7, 11) is 1.95. The average molecular weight is 352 g/mol. The number of ether oxygens (including phenoxy) is 1. The molecule has 0 aliphatic heterocycles. The molecule has 0 spiro atoms. The minimum Gasteiger partial charge on any atom is -0.489 e. The summed E-state index contributed by atoms with van der Waals surface area (Å²) in [5.74, 6) is 0.692. The molecular formula is C17H19BrFNO. The normalized spacial score (nSPS) is 12.2. The maximum absolute atomic E-state index is 13.4. The van der Waals surface area contributed by atoms with E-state index in [1.165, 1.54) is 11.6 Å². The van der Waals surface area contributed by atoms with E-state index in [9.17, 15) is 4.39 Å². The Morgan fingerprint density at radius 2 is 1.90 bits per heavy atom. The Kier molecular flexibility index (Phi) is 5.76. The Hall–Kier alpha value is -1.39. The SMILES string of the molecule is CNCC(C)c1ccc(COc2ccc(Br)c(F)c2)cc1. The smallest absolute Gasteiger partial charge is 0.141 e. The van der Waals surface area contributed by atoms with E-state index in [4.69, 9.17) is 4.74 Å². The highest BCUT2D eigenvalue weighted by molar-refractivity contribution is 9.10.